The molecule has 3 nitrogen and oxygen atoms in total. The highest BCUT2D eigenvalue weighted by Crippen LogP contribution is 2.46. The molecule has 0 aliphatic rings. The van der Waals surface area contributed by atoms with E-state index in [4.69, 9.17) is 4.42 Å². The van der Waals surface area contributed by atoms with Crippen LogP contribution < -0.4 is 4.90 Å². The molecule has 0 N–H and O–H groups in total. The molecular formula is C54H34N2OS. The summed E-state index contributed by atoms with van der Waals surface area (Å²) in [6, 6.07) is 74.3. The number of hydrogen-bond acceptors (Lipinski definition) is 3. The number of anilines is 3. The Morgan fingerprint density at radius 2 is 1.07 bits per heavy atom. The Bertz CT molecular complexity index is 3500. The van der Waals surface area contributed by atoms with Crippen molar-refractivity contribution in [3.05, 3.63) is 206 Å². The van der Waals surface area contributed by atoms with Crippen molar-refractivity contribution in [2.45, 2.75) is 0 Å². The van der Waals surface area contributed by atoms with Crippen LogP contribution in [0.5, 0.6) is 0 Å². The number of thiophene rings is 1. The summed E-state index contributed by atoms with van der Waals surface area (Å²) in [5, 5.41) is 7.27. The van der Waals surface area contributed by atoms with Crippen LogP contribution in [0.2, 0.25) is 0 Å². The van der Waals surface area contributed by atoms with Crippen LogP contribution in [-0.2, 0) is 0 Å². The standard InChI is InChI=1S/C54H34N2OS/c1-3-14-35(15-4-1)37-28-31-49-46(32-37)41-18-7-10-22-48(41)56(49)40-33-45(54-47(34-40)43-20-9-12-25-52(43)58-54)36-26-29-39(30-27-36)55(38-16-5-2-6-17-38)50-23-13-21-44-42-19-8-11-24-51(42)57-53(44)50/h1-34H. The second kappa shape index (κ2) is 13.1. The van der Waals surface area contributed by atoms with Crippen LogP contribution in [0, 0.1) is 0 Å². The normalized spacial score (nSPS) is 11.8. The molecule has 0 saturated carbocycles. The second-order valence-electron chi connectivity index (χ2n) is 14.9. The molecule has 0 saturated heterocycles. The predicted octanol–water partition coefficient (Wildman–Crippen LogP) is 15.9. The Balaban J connectivity index is 1.05. The van der Waals surface area contributed by atoms with E-state index in [0.29, 0.717) is 0 Å². The fourth-order valence-corrected chi connectivity index (χ4v) is 10.1. The van der Waals surface area contributed by atoms with E-state index in [1.165, 1.54) is 64.2 Å². The fraction of sp³-hybridized carbons (Fsp3) is 0. The van der Waals surface area contributed by atoms with Gasteiger partial charge in [-0.1, -0.05) is 133 Å². The van der Waals surface area contributed by atoms with Gasteiger partial charge in [0.2, 0.25) is 0 Å². The third-order valence-corrected chi connectivity index (χ3v) is 12.8. The zero-order chi connectivity index (χ0) is 38.2. The van der Waals surface area contributed by atoms with Crippen LogP contribution in [0.3, 0.4) is 0 Å². The Morgan fingerprint density at radius 1 is 0.414 bits per heavy atom. The lowest BCUT2D eigenvalue weighted by molar-refractivity contribution is 0.669. The lowest BCUT2D eigenvalue weighted by Gasteiger charge is -2.25. The Hall–Kier alpha value is -7.40. The molecular weight excluding hydrogens is 725 g/mol. The molecule has 12 rings (SSSR count). The number of furan rings is 1. The summed E-state index contributed by atoms with van der Waals surface area (Å²) >= 11 is 1.87. The van der Waals surface area contributed by atoms with Gasteiger partial charge in [0.25, 0.3) is 0 Å². The van der Waals surface area contributed by atoms with Gasteiger partial charge < -0.3 is 13.9 Å². The summed E-state index contributed by atoms with van der Waals surface area (Å²) < 4.78 is 11.6. The molecule has 0 amide bonds. The van der Waals surface area contributed by atoms with Gasteiger partial charge in [0, 0.05) is 64.3 Å². The quantitative estimate of drug-likeness (QED) is 0.168. The molecule has 0 aliphatic carbocycles. The summed E-state index contributed by atoms with van der Waals surface area (Å²) in [5.74, 6) is 0. The van der Waals surface area contributed by atoms with E-state index in [9.17, 15) is 0 Å². The number of benzene rings is 9. The van der Waals surface area contributed by atoms with Gasteiger partial charge in [0.1, 0.15) is 5.58 Å². The zero-order valence-corrected chi connectivity index (χ0v) is 32.2. The summed E-state index contributed by atoms with van der Waals surface area (Å²) in [5.41, 5.74) is 13.3. The van der Waals surface area contributed by atoms with Crippen molar-refractivity contribution in [1.82, 2.24) is 4.57 Å². The van der Waals surface area contributed by atoms with Crippen LogP contribution in [0.1, 0.15) is 0 Å². The van der Waals surface area contributed by atoms with E-state index < -0.39 is 0 Å². The fourth-order valence-electron chi connectivity index (χ4n) is 8.92. The zero-order valence-electron chi connectivity index (χ0n) is 31.3. The molecule has 3 heterocycles. The third kappa shape index (κ3) is 5.12. The molecule has 0 radical (unpaired) electrons. The van der Waals surface area contributed by atoms with Gasteiger partial charge in [-0.25, -0.2) is 0 Å². The minimum atomic E-state index is 0.873. The minimum Gasteiger partial charge on any atom is -0.454 e. The highest BCUT2D eigenvalue weighted by atomic mass is 32.1. The smallest absolute Gasteiger partial charge is 0.159 e. The van der Waals surface area contributed by atoms with Crippen molar-refractivity contribution in [3.63, 3.8) is 0 Å². The number of nitrogens with zero attached hydrogens (tertiary/aromatic N) is 2. The van der Waals surface area contributed by atoms with Crippen molar-refractivity contribution >= 4 is 92.3 Å². The molecule has 4 heteroatoms. The van der Waals surface area contributed by atoms with Crippen LogP contribution >= 0.6 is 11.3 Å². The molecule has 3 aromatic heterocycles. The van der Waals surface area contributed by atoms with E-state index >= 15 is 0 Å². The number of hydrogen-bond donors (Lipinski definition) is 0. The molecule has 12 aromatic rings. The van der Waals surface area contributed by atoms with Crippen molar-refractivity contribution in [2.75, 3.05) is 4.90 Å². The molecule has 0 spiro atoms. The van der Waals surface area contributed by atoms with Gasteiger partial charge in [-0.2, -0.15) is 0 Å². The summed E-state index contributed by atoms with van der Waals surface area (Å²) in [6.07, 6.45) is 0. The SMILES string of the molecule is c1ccc(-c2ccc3c(c2)c2ccccc2n3-c2cc(-c3ccc(N(c4ccccc4)c4cccc5c4oc4ccccc45)cc3)c3sc4ccccc4c3c2)cc1. The maximum atomic E-state index is 6.57. The molecule has 272 valence electrons. The molecule has 58 heavy (non-hydrogen) atoms. The lowest BCUT2D eigenvalue weighted by Crippen LogP contribution is -2.10. The molecule has 0 atom stereocenters. The van der Waals surface area contributed by atoms with Gasteiger partial charge in [-0.15, -0.1) is 11.3 Å². The Morgan fingerprint density at radius 3 is 1.91 bits per heavy atom. The van der Waals surface area contributed by atoms with Crippen molar-refractivity contribution in [1.29, 1.82) is 0 Å². The molecule has 0 fully saturated rings. The summed E-state index contributed by atoms with van der Waals surface area (Å²) in [7, 11) is 0. The summed E-state index contributed by atoms with van der Waals surface area (Å²) in [4.78, 5) is 2.31. The van der Waals surface area contributed by atoms with Crippen LogP contribution in [0.4, 0.5) is 17.1 Å². The maximum absolute atomic E-state index is 6.57. The minimum absolute atomic E-state index is 0.873. The number of fused-ring (bicyclic) bond motifs is 9. The number of rotatable bonds is 6. The first-order chi connectivity index (χ1) is 28.8. The molecule has 9 aromatic carbocycles. The Kier molecular flexibility index (Phi) is 7.40. The van der Waals surface area contributed by atoms with E-state index in [2.05, 4.69) is 204 Å². The van der Waals surface area contributed by atoms with Gasteiger partial charge in [-0.3, -0.25) is 0 Å². The third-order valence-electron chi connectivity index (χ3n) is 11.6. The van der Waals surface area contributed by atoms with Gasteiger partial charge in [0.05, 0.1) is 16.7 Å². The first-order valence-electron chi connectivity index (χ1n) is 19.7. The first kappa shape index (κ1) is 32.8. The maximum Gasteiger partial charge on any atom is 0.159 e. The van der Waals surface area contributed by atoms with Crippen LogP contribution in [0.15, 0.2) is 211 Å². The van der Waals surface area contributed by atoms with Crippen molar-refractivity contribution < 1.29 is 4.42 Å². The molecule has 0 unspecified atom stereocenters. The Labute approximate surface area is 338 Å². The van der Waals surface area contributed by atoms with E-state index in [0.717, 1.165) is 44.7 Å². The van der Waals surface area contributed by atoms with Crippen molar-refractivity contribution in [2.24, 2.45) is 0 Å². The van der Waals surface area contributed by atoms with E-state index in [1.807, 2.05) is 23.5 Å². The lowest BCUT2D eigenvalue weighted by atomic mass is 10.0. The highest BCUT2D eigenvalue weighted by molar-refractivity contribution is 7.26. The van der Waals surface area contributed by atoms with E-state index in [-0.39, 0.29) is 0 Å². The van der Waals surface area contributed by atoms with Crippen LogP contribution in [-0.4, -0.2) is 4.57 Å². The van der Waals surface area contributed by atoms with Crippen molar-refractivity contribution in [3.8, 4) is 27.9 Å². The monoisotopic (exact) mass is 758 g/mol. The molecule has 0 aliphatic heterocycles. The first-order valence-corrected chi connectivity index (χ1v) is 20.5. The van der Waals surface area contributed by atoms with Gasteiger partial charge >= 0.3 is 0 Å². The molecule has 0 bridgehead atoms. The van der Waals surface area contributed by atoms with E-state index in [1.54, 1.807) is 0 Å². The average Bonchev–Trinajstić information content (AvgIpc) is 3.97. The highest BCUT2D eigenvalue weighted by Gasteiger charge is 2.21. The summed E-state index contributed by atoms with van der Waals surface area (Å²) in [6.45, 7) is 0. The topological polar surface area (TPSA) is 21.3 Å². The predicted molar refractivity (Wildman–Crippen MR) is 247 cm³/mol. The second-order valence-corrected chi connectivity index (χ2v) is 15.9. The number of para-hydroxylation sites is 4. The van der Waals surface area contributed by atoms with Gasteiger partial charge in [-0.05, 0) is 89.5 Å². The number of aromatic nitrogens is 1. The largest absolute Gasteiger partial charge is 0.454 e. The van der Waals surface area contributed by atoms with Gasteiger partial charge in [0.15, 0.2) is 5.58 Å². The average molecular weight is 759 g/mol. The van der Waals surface area contributed by atoms with Crippen LogP contribution in [0.25, 0.3) is 91.9 Å².